The summed E-state index contributed by atoms with van der Waals surface area (Å²) < 4.78 is 9.54. The second kappa shape index (κ2) is 13.6. The van der Waals surface area contributed by atoms with Crippen molar-refractivity contribution in [2.45, 2.75) is 0 Å². The van der Waals surface area contributed by atoms with Crippen LogP contribution in [-0.2, 0) is 0 Å². The van der Waals surface area contributed by atoms with Crippen molar-refractivity contribution in [2.24, 2.45) is 0 Å². The summed E-state index contributed by atoms with van der Waals surface area (Å²) in [5.41, 5.74) is 12.0. The molecule has 12 rings (SSSR count). The third-order valence-electron chi connectivity index (χ3n) is 11.9. The molecule has 3 heteroatoms. The molecule has 2 nitrogen and oxygen atoms in total. The van der Waals surface area contributed by atoms with Crippen molar-refractivity contribution in [3.63, 3.8) is 0 Å². The van der Waals surface area contributed by atoms with Crippen molar-refractivity contribution >= 4 is 92.1 Å². The monoisotopic (exact) mass is 769 g/mol. The summed E-state index contributed by atoms with van der Waals surface area (Å²) in [7, 11) is 0. The van der Waals surface area contributed by atoms with Crippen LogP contribution in [0, 0.1) is 0 Å². The van der Waals surface area contributed by atoms with Gasteiger partial charge in [0.2, 0.25) is 0 Å². The number of nitrogens with zero attached hydrogens (tertiary/aromatic N) is 1. The molecule has 276 valence electrons. The Kier molecular flexibility index (Phi) is 7.75. The zero-order valence-electron chi connectivity index (χ0n) is 32.0. The molecular weight excluding hydrogens is 735 g/mol. The number of furan rings is 1. The number of rotatable bonds is 6. The molecule has 0 fully saturated rings. The lowest BCUT2D eigenvalue weighted by Gasteiger charge is -2.28. The fourth-order valence-corrected chi connectivity index (χ4v) is 10.1. The zero-order chi connectivity index (χ0) is 38.9. The highest BCUT2D eigenvalue weighted by molar-refractivity contribution is 7.25. The average Bonchev–Trinajstić information content (AvgIpc) is 3.88. The van der Waals surface area contributed by atoms with E-state index in [2.05, 4.69) is 217 Å². The molecule has 0 spiro atoms. The van der Waals surface area contributed by atoms with E-state index in [0.29, 0.717) is 0 Å². The molecule has 0 bridgehead atoms. The number of hydrogen-bond acceptors (Lipinski definition) is 3. The molecule has 0 unspecified atom stereocenters. The second-order valence-corrected chi connectivity index (χ2v) is 16.3. The van der Waals surface area contributed by atoms with E-state index in [1.54, 1.807) is 0 Å². The van der Waals surface area contributed by atoms with Gasteiger partial charge in [-0.05, 0) is 93.0 Å². The van der Waals surface area contributed by atoms with Gasteiger partial charge >= 0.3 is 0 Å². The van der Waals surface area contributed by atoms with Crippen LogP contribution >= 0.6 is 11.3 Å². The van der Waals surface area contributed by atoms with Gasteiger partial charge in [0.1, 0.15) is 11.2 Å². The summed E-state index contributed by atoms with van der Waals surface area (Å²) in [5.74, 6) is 0. The highest BCUT2D eigenvalue weighted by Gasteiger charge is 2.22. The second-order valence-electron chi connectivity index (χ2n) is 15.2. The SMILES string of the molecule is c1cc(-c2ccc3sc4ccccc4c3c2)cc(N(c2ccc(-c3cccc4ccccc34)cc2)c2ccccc2-c2cccc3c2oc2c4ccccc4ccc32)c1. The van der Waals surface area contributed by atoms with Crippen LogP contribution in [0.2, 0.25) is 0 Å². The van der Waals surface area contributed by atoms with Crippen LogP contribution in [0.1, 0.15) is 0 Å². The van der Waals surface area contributed by atoms with E-state index in [1.807, 2.05) is 11.3 Å². The molecule has 0 atom stereocenters. The number of anilines is 3. The fourth-order valence-electron chi connectivity index (χ4n) is 9.06. The maximum atomic E-state index is 6.92. The van der Waals surface area contributed by atoms with E-state index in [0.717, 1.165) is 55.5 Å². The molecule has 2 aromatic heterocycles. The molecule has 59 heavy (non-hydrogen) atoms. The highest BCUT2D eigenvalue weighted by Crippen LogP contribution is 2.46. The van der Waals surface area contributed by atoms with Crippen LogP contribution in [0.3, 0.4) is 0 Å². The molecule has 12 aromatic rings. The Morgan fingerprint density at radius 3 is 1.83 bits per heavy atom. The topological polar surface area (TPSA) is 16.4 Å². The predicted octanol–water partition coefficient (Wildman–Crippen LogP) is 16.7. The summed E-state index contributed by atoms with van der Waals surface area (Å²) in [6, 6.07) is 77.0. The first-order valence-electron chi connectivity index (χ1n) is 20.1. The van der Waals surface area contributed by atoms with Gasteiger partial charge in [-0.15, -0.1) is 11.3 Å². The lowest BCUT2D eigenvalue weighted by Crippen LogP contribution is -2.11. The van der Waals surface area contributed by atoms with Crippen molar-refractivity contribution in [3.8, 4) is 33.4 Å². The largest absolute Gasteiger partial charge is 0.455 e. The standard InChI is InChI=1S/C56H35NOS/c1-3-17-43-36(12-1)14-10-21-44(43)38-26-30-41(31-27-38)57(42-16-9-15-39(34-42)40-29-33-54-51(35-40)47-20-6-8-25-53(47)59-54)52-24-7-5-19-46(52)48-22-11-23-49-50-32-28-37-13-2-4-18-45(37)55(50)58-56(48)49/h1-35H. The van der Waals surface area contributed by atoms with Crippen LogP contribution in [0.5, 0.6) is 0 Å². The molecule has 0 radical (unpaired) electrons. The predicted molar refractivity (Wildman–Crippen MR) is 253 cm³/mol. The zero-order valence-corrected chi connectivity index (χ0v) is 32.8. The van der Waals surface area contributed by atoms with Gasteiger partial charge in [0.15, 0.2) is 0 Å². The van der Waals surface area contributed by atoms with E-state index in [4.69, 9.17) is 4.42 Å². The van der Waals surface area contributed by atoms with E-state index < -0.39 is 0 Å². The molecule has 0 saturated carbocycles. The minimum Gasteiger partial charge on any atom is -0.455 e. The highest BCUT2D eigenvalue weighted by atomic mass is 32.1. The first-order valence-corrected chi connectivity index (χ1v) is 20.9. The Morgan fingerprint density at radius 1 is 0.322 bits per heavy atom. The van der Waals surface area contributed by atoms with Crippen LogP contribution in [0.15, 0.2) is 217 Å². The third kappa shape index (κ3) is 5.55. The van der Waals surface area contributed by atoms with Crippen molar-refractivity contribution < 1.29 is 4.42 Å². The van der Waals surface area contributed by atoms with Gasteiger partial charge in [0.05, 0.1) is 5.69 Å². The summed E-state index contributed by atoms with van der Waals surface area (Å²) in [5, 5.41) is 9.63. The van der Waals surface area contributed by atoms with E-state index in [-0.39, 0.29) is 0 Å². The third-order valence-corrected chi connectivity index (χ3v) is 13.0. The number of benzene rings is 10. The van der Waals surface area contributed by atoms with Crippen molar-refractivity contribution in [1.82, 2.24) is 0 Å². The first kappa shape index (κ1) is 33.7. The molecular formula is C56H35NOS. The van der Waals surface area contributed by atoms with Crippen molar-refractivity contribution in [1.29, 1.82) is 0 Å². The summed E-state index contributed by atoms with van der Waals surface area (Å²) in [6.45, 7) is 0. The minimum absolute atomic E-state index is 0.891. The summed E-state index contributed by atoms with van der Waals surface area (Å²) in [6.07, 6.45) is 0. The van der Waals surface area contributed by atoms with E-state index >= 15 is 0 Å². The van der Waals surface area contributed by atoms with Gasteiger partial charge in [0, 0.05) is 58.8 Å². The van der Waals surface area contributed by atoms with Gasteiger partial charge in [-0.3, -0.25) is 0 Å². The van der Waals surface area contributed by atoms with Crippen LogP contribution in [-0.4, -0.2) is 0 Å². The van der Waals surface area contributed by atoms with Crippen LogP contribution in [0.25, 0.3) is 97.0 Å². The van der Waals surface area contributed by atoms with Gasteiger partial charge in [-0.1, -0.05) is 158 Å². The van der Waals surface area contributed by atoms with Gasteiger partial charge < -0.3 is 9.32 Å². The quantitative estimate of drug-likeness (QED) is 0.167. The Morgan fingerprint density at radius 2 is 0.932 bits per heavy atom. The van der Waals surface area contributed by atoms with Crippen LogP contribution < -0.4 is 4.90 Å². The molecule has 0 saturated heterocycles. The number of para-hydroxylation sites is 2. The molecule has 10 aromatic carbocycles. The molecule has 2 heterocycles. The maximum absolute atomic E-state index is 6.92. The van der Waals surface area contributed by atoms with E-state index in [9.17, 15) is 0 Å². The van der Waals surface area contributed by atoms with Gasteiger partial charge in [-0.2, -0.15) is 0 Å². The lowest BCUT2D eigenvalue weighted by molar-refractivity contribution is 0.674. The Bertz CT molecular complexity index is 3570. The minimum atomic E-state index is 0.891. The molecule has 0 N–H and O–H groups in total. The normalized spacial score (nSPS) is 11.7. The molecule has 0 amide bonds. The van der Waals surface area contributed by atoms with Crippen molar-refractivity contribution in [3.05, 3.63) is 212 Å². The van der Waals surface area contributed by atoms with Crippen molar-refractivity contribution in [2.75, 3.05) is 4.90 Å². The number of hydrogen-bond donors (Lipinski definition) is 0. The molecule has 0 aliphatic carbocycles. The Hall–Kier alpha value is -7.46. The molecule has 0 aliphatic rings. The number of thiophene rings is 1. The van der Waals surface area contributed by atoms with Gasteiger partial charge in [0.25, 0.3) is 0 Å². The fraction of sp³-hybridized carbons (Fsp3) is 0. The maximum Gasteiger partial charge on any atom is 0.143 e. The Labute approximate surface area is 345 Å². The summed E-state index contributed by atoms with van der Waals surface area (Å²) in [4.78, 5) is 2.40. The Balaban J connectivity index is 1.05. The smallest absolute Gasteiger partial charge is 0.143 e. The molecule has 0 aliphatic heterocycles. The van der Waals surface area contributed by atoms with Gasteiger partial charge in [-0.25, -0.2) is 0 Å². The summed E-state index contributed by atoms with van der Waals surface area (Å²) >= 11 is 1.85. The lowest BCUT2D eigenvalue weighted by atomic mass is 9.97. The van der Waals surface area contributed by atoms with E-state index in [1.165, 1.54) is 58.6 Å². The van der Waals surface area contributed by atoms with Crippen LogP contribution in [0.4, 0.5) is 17.1 Å². The first-order chi connectivity index (χ1) is 29.2. The average molecular weight is 770 g/mol. The number of fused-ring (bicyclic) bond motifs is 9.